The molecule has 128 valence electrons. The molecule has 0 atom stereocenters. The van der Waals surface area contributed by atoms with Crippen molar-refractivity contribution < 1.29 is 8.42 Å². The maximum Gasteiger partial charge on any atom is 0.254 e. The minimum atomic E-state index is -3.40. The first-order valence-electron chi connectivity index (χ1n) is 7.69. The van der Waals surface area contributed by atoms with Crippen LogP contribution >= 0.6 is 22.6 Å². The fourth-order valence-electron chi connectivity index (χ4n) is 2.85. The fraction of sp³-hybridized carbons (Fsp3) is 0.375. The minimum Gasteiger partial charge on any atom is -0.346 e. The fourth-order valence-corrected chi connectivity index (χ4v) is 5.20. The zero-order chi connectivity index (χ0) is 17.3. The Morgan fingerprint density at radius 1 is 1.33 bits per heavy atom. The lowest BCUT2D eigenvalue weighted by Crippen LogP contribution is -2.19. The van der Waals surface area contributed by atoms with E-state index in [4.69, 9.17) is 0 Å². The Kier molecular flexibility index (Phi) is 4.95. The first-order valence-corrected chi connectivity index (χ1v) is 10.8. The molecule has 0 spiro atoms. The standard InChI is InChI=1S/C16H19IN4O2S/c1-11-15(9-13-10-19-16-14(13)5-3-7-18-16)12(2)21(20-11)24(22,23)8-4-6-17/h3,5,7,10H,4,6,8-9H2,1-2H3,(H,18,19). The van der Waals surface area contributed by atoms with E-state index in [2.05, 4.69) is 37.7 Å². The van der Waals surface area contributed by atoms with Crippen LogP contribution in [-0.2, 0) is 16.4 Å². The number of alkyl halides is 1. The molecular formula is C16H19IN4O2S. The maximum absolute atomic E-state index is 12.5. The van der Waals surface area contributed by atoms with Gasteiger partial charge in [-0.25, -0.2) is 13.4 Å². The molecule has 0 saturated heterocycles. The summed E-state index contributed by atoms with van der Waals surface area (Å²) < 4.78 is 27.0. The highest BCUT2D eigenvalue weighted by molar-refractivity contribution is 14.1. The number of rotatable bonds is 6. The third kappa shape index (κ3) is 3.21. The highest BCUT2D eigenvalue weighted by Crippen LogP contribution is 2.24. The molecule has 0 aliphatic carbocycles. The number of aromatic nitrogens is 4. The van der Waals surface area contributed by atoms with Gasteiger partial charge in [-0.2, -0.15) is 9.19 Å². The first kappa shape index (κ1) is 17.4. The van der Waals surface area contributed by atoms with Gasteiger partial charge in [0.2, 0.25) is 0 Å². The summed E-state index contributed by atoms with van der Waals surface area (Å²) in [7, 11) is -3.40. The first-order chi connectivity index (χ1) is 11.4. The number of aryl methyl sites for hydroxylation is 1. The van der Waals surface area contributed by atoms with Crippen LogP contribution in [0.4, 0.5) is 0 Å². The van der Waals surface area contributed by atoms with Gasteiger partial charge in [0.05, 0.1) is 17.1 Å². The summed E-state index contributed by atoms with van der Waals surface area (Å²) >= 11 is 2.19. The number of nitrogens with one attached hydrogen (secondary N) is 1. The molecule has 0 saturated carbocycles. The van der Waals surface area contributed by atoms with E-state index in [-0.39, 0.29) is 5.75 Å². The number of halogens is 1. The maximum atomic E-state index is 12.5. The molecule has 0 radical (unpaired) electrons. The van der Waals surface area contributed by atoms with Crippen LogP contribution in [0.25, 0.3) is 11.0 Å². The second-order valence-corrected chi connectivity index (χ2v) is 8.74. The van der Waals surface area contributed by atoms with Crippen LogP contribution in [0.3, 0.4) is 0 Å². The lowest BCUT2D eigenvalue weighted by molar-refractivity contribution is 0.576. The Morgan fingerprint density at radius 2 is 2.12 bits per heavy atom. The van der Waals surface area contributed by atoms with Crippen LogP contribution in [0.5, 0.6) is 0 Å². The summed E-state index contributed by atoms with van der Waals surface area (Å²) in [6.07, 6.45) is 4.94. The quantitative estimate of drug-likeness (QED) is 0.455. The molecule has 3 rings (SSSR count). The Hall–Kier alpha value is -1.42. The molecule has 0 amide bonds. The van der Waals surface area contributed by atoms with Crippen molar-refractivity contribution in [2.75, 3.05) is 10.2 Å². The highest BCUT2D eigenvalue weighted by Gasteiger charge is 2.21. The van der Waals surface area contributed by atoms with Crippen LogP contribution in [0.1, 0.15) is 28.9 Å². The van der Waals surface area contributed by atoms with E-state index in [9.17, 15) is 8.42 Å². The van der Waals surface area contributed by atoms with Crippen molar-refractivity contribution in [3.63, 3.8) is 0 Å². The van der Waals surface area contributed by atoms with Crippen LogP contribution in [-0.4, -0.2) is 37.8 Å². The predicted molar refractivity (Wildman–Crippen MR) is 103 cm³/mol. The zero-order valence-electron chi connectivity index (χ0n) is 13.6. The van der Waals surface area contributed by atoms with Gasteiger partial charge >= 0.3 is 0 Å². The van der Waals surface area contributed by atoms with Gasteiger partial charge in [0.1, 0.15) is 5.65 Å². The topological polar surface area (TPSA) is 80.6 Å². The van der Waals surface area contributed by atoms with Crippen LogP contribution in [0, 0.1) is 13.8 Å². The van der Waals surface area contributed by atoms with Gasteiger partial charge in [-0.3, -0.25) is 0 Å². The van der Waals surface area contributed by atoms with Gasteiger partial charge in [-0.05, 0) is 38.0 Å². The summed E-state index contributed by atoms with van der Waals surface area (Å²) in [5, 5.41) is 5.35. The van der Waals surface area contributed by atoms with Crippen LogP contribution in [0.2, 0.25) is 0 Å². The second kappa shape index (κ2) is 6.83. The normalized spacial score (nSPS) is 12.1. The molecule has 1 N–H and O–H groups in total. The van der Waals surface area contributed by atoms with Gasteiger partial charge < -0.3 is 4.98 Å². The molecule has 24 heavy (non-hydrogen) atoms. The number of aromatic amines is 1. The summed E-state index contributed by atoms with van der Waals surface area (Å²) in [4.78, 5) is 7.45. The van der Waals surface area contributed by atoms with Crippen molar-refractivity contribution >= 4 is 43.6 Å². The Balaban J connectivity index is 1.98. The average Bonchev–Trinajstić information content (AvgIpc) is 3.10. The molecule has 0 aliphatic rings. The number of H-pyrrole nitrogens is 1. The van der Waals surface area contributed by atoms with Crippen LogP contribution < -0.4 is 0 Å². The van der Waals surface area contributed by atoms with Gasteiger partial charge in [0, 0.05) is 34.2 Å². The Labute approximate surface area is 154 Å². The minimum absolute atomic E-state index is 0.119. The molecular weight excluding hydrogens is 439 g/mol. The summed E-state index contributed by atoms with van der Waals surface area (Å²) in [5.74, 6) is 0.119. The largest absolute Gasteiger partial charge is 0.346 e. The summed E-state index contributed by atoms with van der Waals surface area (Å²) in [5.41, 5.74) is 4.33. The van der Waals surface area contributed by atoms with Gasteiger partial charge in [0.15, 0.2) is 0 Å². The van der Waals surface area contributed by atoms with E-state index >= 15 is 0 Å². The van der Waals surface area contributed by atoms with Gasteiger partial charge in [0.25, 0.3) is 10.0 Å². The average molecular weight is 458 g/mol. The van der Waals surface area contributed by atoms with Gasteiger partial charge in [-0.15, -0.1) is 0 Å². The lowest BCUT2D eigenvalue weighted by atomic mass is 10.0. The van der Waals surface area contributed by atoms with E-state index in [1.807, 2.05) is 32.2 Å². The number of hydrogen-bond acceptors (Lipinski definition) is 4. The SMILES string of the molecule is Cc1nn(S(=O)(=O)CCCI)c(C)c1Cc1c[nH]c2ncccc12. The van der Waals surface area contributed by atoms with Crippen molar-refractivity contribution in [3.8, 4) is 0 Å². The number of nitrogens with zero attached hydrogens (tertiary/aromatic N) is 3. The van der Waals surface area contributed by atoms with Crippen molar-refractivity contribution in [2.45, 2.75) is 26.7 Å². The van der Waals surface area contributed by atoms with E-state index in [1.54, 1.807) is 6.20 Å². The molecule has 3 aromatic rings. The predicted octanol–water partition coefficient (Wildman–Crippen LogP) is 2.97. The van der Waals surface area contributed by atoms with Gasteiger partial charge in [-0.1, -0.05) is 22.6 Å². The molecule has 0 unspecified atom stereocenters. The van der Waals surface area contributed by atoms with E-state index in [0.29, 0.717) is 18.5 Å². The number of fused-ring (bicyclic) bond motifs is 1. The Bertz CT molecular complexity index is 975. The molecule has 3 aromatic heterocycles. The molecule has 6 nitrogen and oxygen atoms in total. The van der Waals surface area contributed by atoms with Crippen molar-refractivity contribution in [2.24, 2.45) is 0 Å². The summed E-state index contributed by atoms with van der Waals surface area (Å²) in [6, 6.07) is 3.91. The third-order valence-corrected chi connectivity index (χ3v) is 6.55. The smallest absolute Gasteiger partial charge is 0.254 e. The van der Waals surface area contributed by atoms with E-state index < -0.39 is 10.0 Å². The second-order valence-electron chi connectivity index (χ2n) is 5.74. The number of hydrogen-bond donors (Lipinski definition) is 1. The van der Waals surface area contributed by atoms with Crippen molar-refractivity contribution in [1.82, 2.24) is 19.2 Å². The molecule has 0 fully saturated rings. The molecule has 0 aliphatic heterocycles. The molecule has 0 aromatic carbocycles. The number of pyridine rings is 1. The summed E-state index contributed by atoms with van der Waals surface area (Å²) in [6.45, 7) is 3.68. The highest BCUT2D eigenvalue weighted by atomic mass is 127. The molecule has 3 heterocycles. The molecule has 8 heteroatoms. The van der Waals surface area contributed by atoms with Crippen molar-refractivity contribution in [1.29, 1.82) is 0 Å². The van der Waals surface area contributed by atoms with Crippen LogP contribution in [0.15, 0.2) is 24.5 Å². The lowest BCUT2D eigenvalue weighted by Gasteiger charge is -2.06. The third-order valence-electron chi connectivity index (χ3n) is 4.10. The Morgan fingerprint density at radius 3 is 2.88 bits per heavy atom. The monoisotopic (exact) mass is 458 g/mol. The zero-order valence-corrected chi connectivity index (χ0v) is 16.6. The van der Waals surface area contributed by atoms with E-state index in [1.165, 1.54) is 4.09 Å². The van der Waals surface area contributed by atoms with E-state index in [0.717, 1.165) is 32.3 Å². The van der Waals surface area contributed by atoms with Crippen molar-refractivity contribution in [3.05, 3.63) is 47.0 Å². The molecule has 0 bridgehead atoms.